The second-order valence-corrected chi connectivity index (χ2v) is 2.68. The van der Waals surface area contributed by atoms with E-state index in [0.717, 1.165) is 6.39 Å². The van der Waals surface area contributed by atoms with Crippen LogP contribution in [-0.2, 0) is 4.79 Å². The molecule has 0 radical (unpaired) electrons. The zero-order valence-electron chi connectivity index (χ0n) is 7.48. The molecule has 0 unspecified atom stereocenters. The van der Waals surface area contributed by atoms with Crippen LogP contribution < -0.4 is 5.32 Å². The predicted octanol–water partition coefficient (Wildman–Crippen LogP) is 1.44. The molecule has 76 valence electrons. The topological polar surface area (TPSA) is 68.0 Å². The van der Waals surface area contributed by atoms with Crippen LogP contribution in [0.15, 0.2) is 29.1 Å². The van der Waals surface area contributed by atoms with Gasteiger partial charge >= 0.3 is 0 Å². The molecule has 0 aliphatic rings. The van der Waals surface area contributed by atoms with E-state index in [1.807, 2.05) is 0 Å². The Labute approximate surface area is 83.9 Å². The molecule has 15 heavy (non-hydrogen) atoms. The molecule has 0 aliphatic carbocycles. The number of amides is 1. The molecule has 2 aromatic rings. The minimum Gasteiger partial charge on any atom is -0.342 e. The number of benzene rings is 1. The van der Waals surface area contributed by atoms with Gasteiger partial charge in [0.2, 0.25) is 18.6 Å². The summed E-state index contributed by atoms with van der Waals surface area (Å²) in [5.74, 6) is -0.430. The number of carbonyl (C=O) groups excluding carboxylic acids is 1. The van der Waals surface area contributed by atoms with Gasteiger partial charge in [-0.1, -0.05) is 11.2 Å². The van der Waals surface area contributed by atoms with Crippen molar-refractivity contribution in [1.82, 2.24) is 10.1 Å². The van der Waals surface area contributed by atoms with Gasteiger partial charge in [0.05, 0.1) is 11.3 Å². The Hall–Kier alpha value is -2.24. The van der Waals surface area contributed by atoms with Gasteiger partial charge in [0.25, 0.3) is 0 Å². The first kappa shape index (κ1) is 9.32. The Balaban J connectivity index is 2.57. The molecule has 0 atom stereocenters. The molecule has 0 spiro atoms. The Kier molecular flexibility index (Phi) is 2.40. The van der Waals surface area contributed by atoms with Crippen molar-refractivity contribution in [2.24, 2.45) is 0 Å². The highest BCUT2D eigenvalue weighted by atomic mass is 19.1. The van der Waals surface area contributed by atoms with Crippen LogP contribution in [0.4, 0.5) is 10.1 Å². The van der Waals surface area contributed by atoms with Gasteiger partial charge in [0, 0.05) is 0 Å². The van der Waals surface area contributed by atoms with Gasteiger partial charge in [0.15, 0.2) is 0 Å². The first-order valence-electron chi connectivity index (χ1n) is 4.08. The summed E-state index contributed by atoms with van der Waals surface area (Å²) in [5.41, 5.74) is 0.407. The zero-order valence-corrected chi connectivity index (χ0v) is 7.48. The molecule has 5 nitrogen and oxygen atoms in total. The van der Waals surface area contributed by atoms with Gasteiger partial charge in [-0.05, 0) is 12.1 Å². The number of aromatic nitrogens is 2. The van der Waals surface area contributed by atoms with E-state index in [2.05, 4.69) is 20.0 Å². The summed E-state index contributed by atoms with van der Waals surface area (Å²) >= 11 is 0. The van der Waals surface area contributed by atoms with E-state index in [-0.39, 0.29) is 11.4 Å². The fourth-order valence-electron chi connectivity index (χ4n) is 1.22. The number of nitrogens with one attached hydrogen (secondary N) is 1. The predicted molar refractivity (Wildman–Crippen MR) is 49.4 cm³/mol. The molecule has 1 N–H and O–H groups in total. The Bertz CT molecular complexity index is 470. The minimum absolute atomic E-state index is 0.0949. The molecule has 0 fully saturated rings. The number of rotatable bonds is 3. The average molecular weight is 207 g/mol. The highest BCUT2D eigenvalue weighted by Crippen LogP contribution is 2.27. The molecule has 0 saturated carbocycles. The van der Waals surface area contributed by atoms with Crippen molar-refractivity contribution in [3.05, 3.63) is 30.4 Å². The molecular weight excluding hydrogens is 201 g/mol. The lowest BCUT2D eigenvalue weighted by Gasteiger charge is -2.04. The SMILES string of the molecule is O=CNc1cccc(F)c1-c1ncon1. The summed E-state index contributed by atoms with van der Waals surface area (Å²) in [4.78, 5) is 14.0. The Morgan fingerprint density at radius 2 is 2.33 bits per heavy atom. The van der Waals surface area contributed by atoms with E-state index in [1.54, 1.807) is 6.07 Å². The fraction of sp³-hybridized carbons (Fsp3) is 0. The molecule has 0 bridgehead atoms. The highest BCUT2D eigenvalue weighted by molar-refractivity contribution is 5.82. The van der Waals surface area contributed by atoms with Crippen LogP contribution in [0.1, 0.15) is 0 Å². The lowest BCUT2D eigenvalue weighted by atomic mass is 10.1. The zero-order chi connectivity index (χ0) is 10.7. The van der Waals surface area contributed by atoms with E-state index in [9.17, 15) is 9.18 Å². The lowest BCUT2D eigenvalue weighted by molar-refractivity contribution is -0.105. The molecule has 6 heteroatoms. The standard InChI is InChI=1S/C9H6FN3O2/c10-6-2-1-3-7(11-4-14)8(6)9-12-5-15-13-9/h1-5H,(H,11,14). The van der Waals surface area contributed by atoms with E-state index in [1.165, 1.54) is 12.1 Å². The average Bonchev–Trinajstić information content (AvgIpc) is 2.71. The highest BCUT2D eigenvalue weighted by Gasteiger charge is 2.14. The number of hydrogen-bond acceptors (Lipinski definition) is 4. The van der Waals surface area contributed by atoms with Crippen LogP contribution in [0, 0.1) is 5.82 Å². The summed E-state index contributed by atoms with van der Waals surface area (Å²) in [6, 6.07) is 4.27. The van der Waals surface area contributed by atoms with Crippen molar-refractivity contribution in [3.8, 4) is 11.4 Å². The van der Waals surface area contributed by atoms with Crippen molar-refractivity contribution < 1.29 is 13.7 Å². The fourth-order valence-corrected chi connectivity index (χ4v) is 1.22. The Morgan fingerprint density at radius 1 is 1.47 bits per heavy atom. The third kappa shape index (κ3) is 1.69. The van der Waals surface area contributed by atoms with Gasteiger partial charge in [-0.15, -0.1) is 0 Å². The first-order chi connectivity index (χ1) is 7.33. The van der Waals surface area contributed by atoms with Gasteiger partial charge in [-0.3, -0.25) is 4.79 Å². The lowest BCUT2D eigenvalue weighted by Crippen LogP contribution is -1.99. The van der Waals surface area contributed by atoms with Gasteiger partial charge < -0.3 is 9.84 Å². The number of halogens is 1. The van der Waals surface area contributed by atoms with Gasteiger partial charge in [-0.25, -0.2) is 4.39 Å². The second-order valence-electron chi connectivity index (χ2n) is 2.68. The van der Waals surface area contributed by atoms with Crippen LogP contribution >= 0.6 is 0 Å². The normalized spacial score (nSPS) is 9.93. The minimum atomic E-state index is -0.525. The second kappa shape index (κ2) is 3.87. The van der Waals surface area contributed by atoms with Crippen molar-refractivity contribution in [2.75, 3.05) is 5.32 Å². The molecule has 1 aromatic heterocycles. The molecule has 1 heterocycles. The Morgan fingerprint density at radius 3 is 3.00 bits per heavy atom. The maximum Gasteiger partial charge on any atom is 0.214 e. The molecule has 0 aliphatic heterocycles. The van der Waals surface area contributed by atoms with Gasteiger partial charge in [-0.2, -0.15) is 4.98 Å². The molecule has 0 saturated heterocycles. The van der Waals surface area contributed by atoms with E-state index >= 15 is 0 Å². The van der Waals surface area contributed by atoms with Crippen molar-refractivity contribution in [1.29, 1.82) is 0 Å². The number of anilines is 1. The third-order valence-electron chi connectivity index (χ3n) is 1.81. The molecular formula is C9H6FN3O2. The van der Waals surface area contributed by atoms with Crippen molar-refractivity contribution >= 4 is 12.1 Å². The van der Waals surface area contributed by atoms with Crippen LogP contribution in [-0.4, -0.2) is 16.6 Å². The largest absolute Gasteiger partial charge is 0.342 e. The quantitative estimate of drug-likeness (QED) is 0.773. The maximum atomic E-state index is 13.5. The van der Waals surface area contributed by atoms with E-state index < -0.39 is 5.82 Å². The van der Waals surface area contributed by atoms with E-state index in [4.69, 9.17) is 0 Å². The molecule has 1 amide bonds. The van der Waals surface area contributed by atoms with Crippen LogP contribution in [0.25, 0.3) is 11.4 Å². The first-order valence-corrected chi connectivity index (χ1v) is 4.08. The van der Waals surface area contributed by atoms with Crippen LogP contribution in [0.3, 0.4) is 0 Å². The van der Waals surface area contributed by atoms with E-state index in [0.29, 0.717) is 12.1 Å². The number of nitrogens with zero attached hydrogens (tertiary/aromatic N) is 2. The summed E-state index contributed by atoms with van der Waals surface area (Å²) in [6.07, 6.45) is 1.55. The van der Waals surface area contributed by atoms with Crippen LogP contribution in [0.5, 0.6) is 0 Å². The summed E-state index contributed by atoms with van der Waals surface area (Å²) < 4.78 is 18.0. The summed E-state index contributed by atoms with van der Waals surface area (Å²) in [6.45, 7) is 0. The third-order valence-corrected chi connectivity index (χ3v) is 1.81. The maximum absolute atomic E-state index is 13.5. The molecule has 2 rings (SSSR count). The van der Waals surface area contributed by atoms with Gasteiger partial charge in [0.1, 0.15) is 5.82 Å². The number of hydrogen-bond donors (Lipinski definition) is 1. The summed E-state index contributed by atoms with van der Waals surface area (Å²) in [5, 5.41) is 5.87. The van der Waals surface area contributed by atoms with Crippen molar-refractivity contribution in [2.45, 2.75) is 0 Å². The smallest absolute Gasteiger partial charge is 0.214 e. The molecule has 1 aromatic carbocycles. The number of carbonyl (C=O) groups is 1. The van der Waals surface area contributed by atoms with Crippen LogP contribution in [0.2, 0.25) is 0 Å². The monoisotopic (exact) mass is 207 g/mol. The van der Waals surface area contributed by atoms with Crippen molar-refractivity contribution in [3.63, 3.8) is 0 Å². The summed E-state index contributed by atoms with van der Waals surface area (Å²) in [7, 11) is 0.